The van der Waals surface area contributed by atoms with Crippen molar-refractivity contribution in [3.8, 4) is 17.0 Å². The van der Waals surface area contributed by atoms with E-state index in [0.717, 1.165) is 22.3 Å². The molecule has 0 amide bonds. The van der Waals surface area contributed by atoms with Crippen LogP contribution in [0.15, 0.2) is 24.4 Å². The lowest BCUT2D eigenvalue weighted by molar-refractivity contribution is -0.142. The lowest BCUT2D eigenvalue weighted by Gasteiger charge is -2.12. The van der Waals surface area contributed by atoms with E-state index in [1.807, 2.05) is 18.2 Å². The lowest BCUT2D eigenvalue weighted by Crippen LogP contribution is -2.06. The van der Waals surface area contributed by atoms with E-state index in [0.29, 0.717) is 34.6 Å². The first-order valence-corrected chi connectivity index (χ1v) is 9.60. The number of hydrogen-bond donors (Lipinski definition) is 0. The number of thiazole rings is 1. The zero-order valence-electron chi connectivity index (χ0n) is 15.8. The molecule has 0 saturated carbocycles. The minimum atomic E-state index is -0.291. The summed E-state index contributed by atoms with van der Waals surface area (Å²) in [6.07, 6.45) is 2.73. The molecular formula is C20H22N2O4S. The van der Waals surface area contributed by atoms with Crippen molar-refractivity contribution in [1.29, 1.82) is 0 Å². The third-order valence-corrected chi connectivity index (χ3v) is 5.27. The summed E-state index contributed by atoms with van der Waals surface area (Å²) in [6.45, 7) is 6.34. The number of aromatic nitrogens is 2. The quantitative estimate of drug-likeness (QED) is 0.451. The number of aldehydes is 1. The van der Waals surface area contributed by atoms with Gasteiger partial charge in [-0.2, -0.15) is 0 Å². The number of imidazole rings is 1. The van der Waals surface area contributed by atoms with Crippen molar-refractivity contribution in [2.75, 3.05) is 13.7 Å². The number of fused-ring (bicyclic) bond motifs is 1. The van der Waals surface area contributed by atoms with Crippen molar-refractivity contribution in [2.24, 2.45) is 0 Å². The number of ether oxygens (including phenoxy) is 2. The van der Waals surface area contributed by atoms with Gasteiger partial charge in [0.25, 0.3) is 0 Å². The first kappa shape index (κ1) is 19.1. The van der Waals surface area contributed by atoms with Crippen LogP contribution in [0.25, 0.3) is 16.2 Å². The molecule has 3 rings (SSSR count). The molecule has 142 valence electrons. The van der Waals surface area contributed by atoms with Crippen molar-refractivity contribution < 1.29 is 19.1 Å². The van der Waals surface area contributed by atoms with Gasteiger partial charge in [-0.1, -0.05) is 19.9 Å². The highest BCUT2D eigenvalue weighted by atomic mass is 32.1. The molecule has 0 saturated heterocycles. The predicted molar refractivity (Wildman–Crippen MR) is 105 cm³/mol. The molecule has 0 aliphatic heterocycles. The van der Waals surface area contributed by atoms with E-state index < -0.39 is 0 Å². The van der Waals surface area contributed by atoms with Crippen LogP contribution < -0.4 is 4.74 Å². The van der Waals surface area contributed by atoms with Gasteiger partial charge in [-0.3, -0.25) is 14.0 Å². The summed E-state index contributed by atoms with van der Waals surface area (Å²) in [5.41, 5.74) is 2.95. The molecule has 0 bridgehead atoms. The highest BCUT2D eigenvalue weighted by Crippen LogP contribution is 2.35. The Balaban J connectivity index is 2.08. The van der Waals surface area contributed by atoms with Gasteiger partial charge in [-0.05, 0) is 30.5 Å². The van der Waals surface area contributed by atoms with E-state index in [-0.39, 0.29) is 12.4 Å². The van der Waals surface area contributed by atoms with Crippen molar-refractivity contribution in [1.82, 2.24) is 9.38 Å². The molecule has 2 aromatic heterocycles. The van der Waals surface area contributed by atoms with Crippen molar-refractivity contribution in [3.05, 3.63) is 40.5 Å². The van der Waals surface area contributed by atoms with Crippen molar-refractivity contribution in [2.45, 2.75) is 33.1 Å². The molecule has 0 atom stereocenters. The highest BCUT2D eigenvalue weighted by molar-refractivity contribution is 7.17. The number of methoxy groups -OCH3 is 1. The maximum absolute atomic E-state index is 11.8. The van der Waals surface area contributed by atoms with E-state index in [9.17, 15) is 9.59 Å². The molecule has 6 nitrogen and oxygen atoms in total. The van der Waals surface area contributed by atoms with E-state index in [4.69, 9.17) is 9.47 Å². The minimum Gasteiger partial charge on any atom is -0.496 e. The molecule has 0 aliphatic rings. The summed E-state index contributed by atoms with van der Waals surface area (Å²) < 4.78 is 12.2. The number of rotatable bonds is 7. The van der Waals surface area contributed by atoms with Crippen LogP contribution in [-0.4, -0.2) is 35.4 Å². The molecule has 0 fully saturated rings. The van der Waals surface area contributed by atoms with Gasteiger partial charge < -0.3 is 9.47 Å². The average molecular weight is 386 g/mol. The highest BCUT2D eigenvalue weighted by Gasteiger charge is 2.20. The van der Waals surface area contributed by atoms with Crippen LogP contribution in [-0.2, 0) is 16.0 Å². The molecule has 7 heteroatoms. The van der Waals surface area contributed by atoms with E-state index in [2.05, 4.69) is 18.8 Å². The maximum Gasteiger partial charge on any atom is 0.311 e. The first-order valence-electron chi connectivity index (χ1n) is 8.78. The molecule has 3 aromatic rings. The topological polar surface area (TPSA) is 69.9 Å². The summed E-state index contributed by atoms with van der Waals surface area (Å²) in [4.78, 5) is 29.7. The summed E-state index contributed by atoms with van der Waals surface area (Å²) in [5.74, 6) is 0.718. The van der Waals surface area contributed by atoms with Crippen LogP contribution in [0.1, 0.15) is 47.6 Å². The van der Waals surface area contributed by atoms with Gasteiger partial charge in [0.1, 0.15) is 17.1 Å². The number of esters is 1. The normalized spacial score (nSPS) is 11.1. The van der Waals surface area contributed by atoms with E-state index in [1.54, 1.807) is 24.6 Å². The largest absolute Gasteiger partial charge is 0.496 e. The van der Waals surface area contributed by atoms with Gasteiger partial charge in [-0.25, -0.2) is 4.98 Å². The smallest absolute Gasteiger partial charge is 0.311 e. The number of benzene rings is 1. The van der Waals surface area contributed by atoms with Gasteiger partial charge >= 0.3 is 5.97 Å². The van der Waals surface area contributed by atoms with Crippen molar-refractivity contribution in [3.63, 3.8) is 0 Å². The van der Waals surface area contributed by atoms with Crippen LogP contribution in [0.3, 0.4) is 0 Å². The third-order valence-electron chi connectivity index (χ3n) is 4.29. The molecule has 0 N–H and O–H groups in total. The maximum atomic E-state index is 11.8. The third kappa shape index (κ3) is 3.73. The molecule has 1 aromatic carbocycles. The zero-order valence-corrected chi connectivity index (χ0v) is 16.6. The van der Waals surface area contributed by atoms with E-state index in [1.165, 1.54) is 11.3 Å². The van der Waals surface area contributed by atoms with Crippen LogP contribution in [0.2, 0.25) is 0 Å². The summed E-state index contributed by atoms with van der Waals surface area (Å²) in [5, 5.41) is 0. The molecule has 0 radical (unpaired) electrons. The van der Waals surface area contributed by atoms with Gasteiger partial charge in [-0.15, -0.1) is 11.3 Å². The number of nitrogens with zero attached hydrogens (tertiary/aromatic N) is 2. The molecule has 0 aliphatic carbocycles. The minimum absolute atomic E-state index is 0.168. The summed E-state index contributed by atoms with van der Waals surface area (Å²) in [6, 6.07) is 5.94. The average Bonchev–Trinajstić information content (AvgIpc) is 3.17. The predicted octanol–water partition coefficient (Wildman–Crippen LogP) is 4.11. The Labute approximate surface area is 161 Å². The molecule has 0 spiro atoms. The monoisotopic (exact) mass is 386 g/mol. The molecule has 0 unspecified atom stereocenters. The molecule has 2 heterocycles. The lowest BCUT2D eigenvalue weighted by atomic mass is 9.98. The Kier molecular flexibility index (Phi) is 5.60. The Hall–Kier alpha value is -2.67. The molecule has 27 heavy (non-hydrogen) atoms. The van der Waals surface area contributed by atoms with Crippen LogP contribution in [0, 0.1) is 0 Å². The Morgan fingerprint density at radius 1 is 1.37 bits per heavy atom. The first-order chi connectivity index (χ1) is 13.0. The second kappa shape index (κ2) is 7.92. The fourth-order valence-electron chi connectivity index (χ4n) is 2.92. The Morgan fingerprint density at radius 3 is 2.78 bits per heavy atom. The van der Waals surface area contributed by atoms with Gasteiger partial charge in [0.2, 0.25) is 0 Å². The fourth-order valence-corrected chi connectivity index (χ4v) is 3.89. The Bertz CT molecular complexity index is 987. The van der Waals surface area contributed by atoms with Gasteiger partial charge in [0.05, 0.1) is 20.1 Å². The summed E-state index contributed by atoms with van der Waals surface area (Å²) in [7, 11) is 1.60. The van der Waals surface area contributed by atoms with Gasteiger partial charge in [0.15, 0.2) is 11.2 Å². The second-order valence-electron chi connectivity index (χ2n) is 6.41. The number of carbonyl (C=O) groups excluding carboxylic acids is 2. The molecular weight excluding hydrogens is 364 g/mol. The standard InChI is InChI=1S/C20H22N2O4S/c1-5-26-18(24)9-14-10-22-16(11-23)19(21-20(22)27-14)15-8-13(12(2)3)6-7-17(15)25-4/h6-8,10-12H,5,9H2,1-4H3. The van der Waals surface area contributed by atoms with Crippen LogP contribution >= 0.6 is 11.3 Å². The van der Waals surface area contributed by atoms with Crippen LogP contribution in [0.4, 0.5) is 0 Å². The fraction of sp³-hybridized carbons (Fsp3) is 0.350. The second-order valence-corrected chi connectivity index (χ2v) is 7.50. The summed E-state index contributed by atoms with van der Waals surface area (Å²) >= 11 is 1.37. The Morgan fingerprint density at radius 2 is 2.15 bits per heavy atom. The SMILES string of the molecule is CCOC(=O)Cc1cn2c(C=O)c(-c3cc(C(C)C)ccc3OC)nc2s1. The van der Waals surface area contributed by atoms with Gasteiger partial charge in [0, 0.05) is 16.6 Å². The zero-order chi connectivity index (χ0) is 19.6. The number of carbonyl (C=O) groups is 2. The van der Waals surface area contributed by atoms with E-state index >= 15 is 0 Å². The number of hydrogen-bond acceptors (Lipinski definition) is 6. The van der Waals surface area contributed by atoms with Crippen molar-refractivity contribution >= 4 is 28.6 Å². The van der Waals surface area contributed by atoms with Crippen LogP contribution in [0.5, 0.6) is 5.75 Å².